The smallest absolute Gasteiger partial charge is 0.165 e. The molecule has 0 spiro atoms. The lowest BCUT2D eigenvalue weighted by Crippen LogP contribution is -2.34. The van der Waals surface area contributed by atoms with Crippen LogP contribution in [0.3, 0.4) is 0 Å². The molecule has 0 bridgehead atoms. The predicted molar refractivity (Wildman–Crippen MR) is 78.8 cm³/mol. The molecule has 21 heavy (non-hydrogen) atoms. The van der Waals surface area contributed by atoms with Crippen molar-refractivity contribution in [1.29, 1.82) is 0 Å². The van der Waals surface area contributed by atoms with Crippen molar-refractivity contribution in [1.82, 2.24) is 15.1 Å². The molecule has 5 heteroatoms. The number of nitrogens with one attached hydrogen (secondary N) is 1. The summed E-state index contributed by atoms with van der Waals surface area (Å²) in [5.41, 5.74) is 2.29. The number of halogens is 1. The molecule has 1 atom stereocenters. The van der Waals surface area contributed by atoms with Gasteiger partial charge in [-0.15, -0.1) is 0 Å². The first-order valence-electron chi connectivity index (χ1n) is 7.30. The highest BCUT2D eigenvalue weighted by Gasteiger charge is 2.22. The molecule has 0 unspecified atom stereocenters. The Hall–Kier alpha value is -1.88. The number of nitrogens with zero attached hydrogens (tertiary/aromatic N) is 2. The van der Waals surface area contributed by atoms with Crippen LogP contribution in [0.5, 0.6) is 5.75 Å². The average Bonchev–Trinajstić information content (AvgIpc) is 3.04. The van der Waals surface area contributed by atoms with Crippen LogP contribution >= 0.6 is 0 Å². The lowest BCUT2D eigenvalue weighted by molar-refractivity contribution is 0.198. The Bertz CT molecular complexity index is 585. The minimum Gasteiger partial charge on any atom is -0.494 e. The summed E-state index contributed by atoms with van der Waals surface area (Å²) < 4.78 is 18.5. The van der Waals surface area contributed by atoms with E-state index in [9.17, 15) is 4.39 Å². The van der Waals surface area contributed by atoms with Gasteiger partial charge in [0.1, 0.15) is 0 Å². The van der Waals surface area contributed by atoms with Crippen LogP contribution in [0.15, 0.2) is 30.5 Å². The van der Waals surface area contributed by atoms with E-state index in [2.05, 4.69) is 21.2 Å². The molecular formula is C16H20FN3O. The van der Waals surface area contributed by atoms with Gasteiger partial charge in [0.05, 0.1) is 7.11 Å². The van der Waals surface area contributed by atoms with Crippen LogP contribution < -0.4 is 4.74 Å². The molecule has 1 aromatic heterocycles. The summed E-state index contributed by atoms with van der Waals surface area (Å²) in [5, 5.41) is 7.11. The Morgan fingerprint density at radius 1 is 1.43 bits per heavy atom. The Kier molecular flexibility index (Phi) is 4.20. The molecule has 112 valence electrons. The van der Waals surface area contributed by atoms with Gasteiger partial charge in [-0.25, -0.2) is 4.39 Å². The molecule has 1 aliphatic heterocycles. The maximum absolute atomic E-state index is 13.4. The van der Waals surface area contributed by atoms with Crippen molar-refractivity contribution in [3.8, 4) is 5.75 Å². The molecule has 0 aliphatic carbocycles. The lowest BCUT2D eigenvalue weighted by Gasteiger charge is -2.32. The van der Waals surface area contributed by atoms with Crippen LogP contribution in [0, 0.1) is 5.82 Å². The third-order valence-corrected chi connectivity index (χ3v) is 4.09. The highest BCUT2D eigenvalue weighted by atomic mass is 19.1. The largest absolute Gasteiger partial charge is 0.494 e. The molecule has 1 saturated heterocycles. The number of benzene rings is 1. The van der Waals surface area contributed by atoms with Gasteiger partial charge in [-0.05, 0) is 43.1 Å². The number of ether oxygens (including phenoxy) is 1. The third-order valence-electron chi connectivity index (χ3n) is 4.09. The van der Waals surface area contributed by atoms with E-state index in [0.717, 1.165) is 25.2 Å². The number of hydrogen-bond donors (Lipinski definition) is 1. The monoisotopic (exact) mass is 289 g/mol. The van der Waals surface area contributed by atoms with Crippen molar-refractivity contribution in [2.45, 2.75) is 25.3 Å². The molecule has 1 aliphatic rings. The highest BCUT2D eigenvalue weighted by Crippen LogP contribution is 2.27. The van der Waals surface area contributed by atoms with E-state index in [0.29, 0.717) is 11.7 Å². The molecule has 0 radical (unpaired) electrons. The SMILES string of the molecule is COc1cc(CN2CCC[C@@H](c3ccn[nH]3)C2)ccc1F. The van der Waals surface area contributed by atoms with Gasteiger partial charge in [-0.2, -0.15) is 5.10 Å². The zero-order valence-electron chi connectivity index (χ0n) is 12.2. The van der Waals surface area contributed by atoms with E-state index in [4.69, 9.17) is 4.74 Å². The van der Waals surface area contributed by atoms with Gasteiger partial charge in [-0.3, -0.25) is 10.00 Å². The Morgan fingerprint density at radius 2 is 2.33 bits per heavy atom. The van der Waals surface area contributed by atoms with Crippen molar-refractivity contribution >= 4 is 0 Å². The van der Waals surface area contributed by atoms with Crippen LogP contribution in [0.4, 0.5) is 4.39 Å². The normalized spacial score (nSPS) is 19.6. The number of piperidine rings is 1. The first-order chi connectivity index (χ1) is 10.3. The van der Waals surface area contributed by atoms with Gasteiger partial charge in [0, 0.05) is 30.9 Å². The zero-order chi connectivity index (χ0) is 14.7. The maximum atomic E-state index is 13.4. The van der Waals surface area contributed by atoms with E-state index >= 15 is 0 Å². The van der Waals surface area contributed by atoms with Crippen LogP contribution in [0.1, 0.15) is 30.0 Å². The zero-order valence-corrected chi connectivity index (χ0v) is 12.2. The molecule has 1 fully saturated rings. The summed E-state index contributed by atoms with van der Waals surface area (Å²) in [4.78, 5) is 2.40. The molecule has 1 aromatic carbocycles. The van der Waals surface area contributed by atoms with E-state index in [1.54, 1.807) is 12.3 Å². The van der Waals surface area contributed by atoms with Gasteiger partial charge in [-0.1, -0.05) is 6.07 Å². The van der Waals surface area contributed by atoms with Gasteiger partial charge in [0.15, 0.2) is 11.6 Å². The number of rotatable bonds is 4. The number of methoxy groups -OCH3 is 1. The fraction of sp³-hybridized carbons (Fsp3) is 0.438. The number of aromatic nitrogens is 2. The molecule has 0 saturated carbocycles. The lowest BCUT2D eigenvalue weighted by atomic mass is 9.94. The molecule has 4 nitrogen and oxygen atoms in total. The fourth-order valence-corrected chi connectivity index (χ4v) is 3.01. The van der Waals surface area contributed by atoms with Gasteiger partial charge in [0.2, 0.25) is 0 Å². The van der Waals surface area contributed by atoms with E-state index in [1.165, 1.54) is 31.7 Å². The van der Waals surface area contributed by atoms with Crippen molar-refractivity contribution in [2.24, 2.45) is 0 Å². The maximum Gasteiger partial charge on any atom is 0.165 e. The van der Waals surface area contributed by atoms with Crippen molar-refractivity contribution in [3.63, 3.8) is 0 Å². The summed E-state index contributed by atoms with van der Waals surface area (Å²) in [6.07, 6.45) is 4.16. The average molecular weight is 289 g/mol. The standard InChI is InChI=1S/C16H20FN3O/c1-21-16-9-12(4-5-14(16)17)10-20-8-2-3-13(11-20)15-6-7-18-19-15/h4-7,9,13H,2-3,8,10-11H2,1H3,(H,18,19)/t13-/m1/s1. The predicted octanol–water partition coefficient (Wildman–Crippen LogP) is 2.94. The van der Waals surface area contributed by atoms with Crippen molar-refractivity contribution in [2.75, 3.05) is 20.2 Å². The second-order valence-corrected chi connectivity index (χ2v) is 5.56. The summed E-state index contributed by atoms with van der Waals surface area (Å²) in [6.45, 7) is 2.90. The van der Waals surface area contributed by atoms with Crippen LogP contribution in [0.25, 0.3) is 0 Å². The first-order valence-corrected chi connectivity index (χ1v) is 7.30. The van der Waals surface area contributed by atoms with Crippen LogP contribution in [-0.2, 0) is 6.54 Å². The number of hydrogen-bond acceptors (Lipinski definition) is 3. The second-order valence-electron chi connectivity index (χ2n) is 5.56. The summed E-state index contributed by atoms with van der Waals surface area (Å²) >= 11 is 0. The van der Waals surface area contributed by atoms with Crippen molar-refractivity contribution in [3.05, 3.63) is 47.5 Å². The molecular weight excluding hydrogens is 269 g/mol. The third kappa shape index (κ3) is 3.24. The number of aromatic amines is 1. The van der Waals surface area contributed by atoms with E-state index < -0.39 is 0 Å². The molecule has 3 rings (SSSR count). The second kappa shape index (κ2) is 6.26. The van der Waals surface area contributed by atoms with Gasteiger partial charge >= 0.3 is 0 Å². The Morgan fingerprint density at radius 3 is 3.10 bits per heavy atom. The van der Waals surface area contributed by atoms with Gasteiger partial charge in [0.25, 0.3) is 0 Å². The first kappa shape index (κ1) is 14.1. The highest BCUT2D eigenvalue weighted by molar-refractivity contribution is 5.30. The van der Waals surface area contributed by atoms with E-state index in [-0.39, 0.29) is 5.82 Å². The van der Waals surface area contributed by atoms with Gasteiger partial charge < -0.3 is 4.74 Å². The number of H-pyrrole nitrogens is 1. The van der Waals surface area contributed by atoms with Crippen LogP contribution in [-0.4, -0.2) is 35.3 Å². The van der Waals surface area contributed by atoms with Crippen molar-refractivity contribution < 1.29 is 9.13 Å². The molecule has 1 N–H and O–H groups in total. The molecule has 2 aromatic rings. The Balaban J connectivity index is 1.67. The molecule has 2 heterocycles. The quantitative estimate of drug-likeness (QED) is 0.941. The fourth-order valence-electron chi connectivity index (χ4n) is 3.01. The van der Waals surface area contributed by atoms with Crippen LogP contribution in [0.2, 0.25) is 0 Å². The summed E-state index contributed by atoms with van der Waals surface area (Å²) in [7, 11) is 1.50. The summed E-state index contributed by atoms with van der Waals surface area (Å²) in [6, 6.07) is 7.15. The number of likely N-dealkylation sites (tertiary alicyclic amines) is 1. The minimum absolute atomic E-state index is 0.310. The molecule has 0 amide bonds. The topological polar surface area (TPSA) is 41.1 Å². The Labute approximate surface area is 123 Å². The minimum atomic E-state index is -0.310. The van der Waals surface area contributed by atoms with E-state index in [1.807, 2.05) is 6.07 Å². The summed E-state index contributed by atoms with van der Waals surface area (Å²) in [5.74, 6) is 0.508.